The highest BCUT2D eigenvalue weighted by molar-refractivity contribution is 6.55. The number of carbonyl (C=O) groups is 1. The number of ether oxygens (including phenoxy) is 1. The zero-order valence-corrected chi connectivity index (χ0v) is 17.6. The Balaban J connectivity index is 2.12. The molecule has 0 bridgehead atoms. The molecule has 1 aliphatic rings. The summed E-state index contributed by atoms with van der Waals surface area (Å²) < 4.78 is 47.3. The Morgan fingerprint density at radius 1 is 1.25 bits per heavy atom. The molecule has 0 unspecified atom stereocenters. The third kappa shape index (κ3) is 5.15. The summed E-state index contributed by atoms with van der Waals surface area (Å²) in [5.41, 5.74) is -0.944. The van der Waals surface area contributed by atoms with Gasteiger partial charge in [0.25, 0.3) is 0 Å². The van der Waals surface area contributed by atoms with Crippen LogP contribution in [0.3, 0.4) is 0 Å². The van der Waals surface area contributed by atoms with Crippen molar-refractivity contribution in [1.29, 1.82) is 0 Å². The van der Waals surface area contributed by atoms with Gasteiger partial charge in [-0.25, -0.2) is 13.2 Å². The number of esters is 1. The van der Waals surface area contributed by atoms with E-state index in [4.69, 9.17) is 27.9 Å². The van der Waals surface area contributed by atoms with Gasteiger partial charge < -0.3 is 10.1 Å². The summed E-state index contributed by atoms with van der Waals surface area (Å²) in [6, 6.07) is 0.482. The predicted molar refractivity (Wildman–Crippen MR) is 105 cm³/mol. The minimum absolute atomic E-state index is 0.0465. The van der Waals surface area contributed by atoms with Crippen molar-refractivity contribution in [2.24, 2.45) is 17.3 Å². The number of carbonyl (C=O) groups excluding carboxylic acids is 1. The lowest BCUT2D eigenvalue weighted by molar-refractivity contribution is -0.147. The van der Waals surface area contributed by atoms with Crippen LogP contribution in [0.2, 0.25) is 0 Å². The average molecular weight is 438 g/mol. The fourth-order valence-electron chi connectivity index (χ4n) is 3.37. The Morgan fingerprint density at radius 2 is 1.93 bits per heavy atom. The highest BCUT2D eigenvalue weighted by Crippen LogP contribution is 2.60. The minimum atomic E-state index is -1.33. The van der Waals surface area contributed by atoms with Crippen molar-refractivity contribution < 1.29 is 22.7 Å². The number of benzene rings is 1. The first-order valence-electron chi connectivity index (χ1n) is 9.20. The fraction of sp³-hybridized carbons (Fsp3) is 0.550. The summed E-state index contributed by atoms with van der Waals surface area (Å²) in [5.74, 6) is -4.82. The van der Waals surface area contributed by atoms with E-state index in [1.807, 2.05) is 20.8 Å². The van der Waals surface area contributed by atoms with Crippen LogP contribution in [-0.2, 0) is 16.1 Å². The molecule has 8 heteroatoms. The molecule has 0 spiro atoms. The van der Waals surface area contributed by atoms with Crippen molar-refractivity contribution in [1.82, 2.24) is 0 Å². The molecule has 1 aromatic rings. The molecule has 0 saturated heterocycles. The molecule has 1 aromatic carbocycles. The van der Waals surface area contributed by atoms with Crippen LogP contribution < -0.4 is 5.32 Å². The van der Waals surface area contributed by atoms with Gasteiger partial charge >= 0.3 is 5.97 Å². The van der Waals surface area contributed by atoms with Crippen LogP contribution in [0.25, 0.3) is 0 Å². The molecule has 1 fully saturated rings. The molecule has 2 atom stereocenters. The van der Waals surface area contributed by atoms with Crippen LogP contribution in [0.15, 0.2) is 16.6 Å². The number of rotatable bonds is 9. The number of hydrogen-bond acceptors (Lipinski definition) is 3. The Hall–Kier alpha value is -1.40. The summed E-state index contributed by atoms with van der Waals surface area (Å²) in [6.45, 7) is 5.53. The molecule has 0 heterocycles. The Labute approximate surface area is 173 Å². The molecule has 1 aliphatic carbocycles. The first kappa shape index (κ1) is 22.9. The minimum Gasteiger partial charge on any atom is -0.460 e. The van der Waals surface area contributed by atoms with Gasteiger partial charge in [-0.2, -0.15) is 0 Å². The van der Waals surface area contributed by atoms with Crippen LogP contribution in [0.5, 0.6) is 0 Å². The van der Waals surface area contributed by atoms with Gasteiger partial charge in [-0.3, -0.25) is 4.79 Å². The van der Waals surface area contributed by atoms with E-state index in [2.05, 4.69) is 5.32 Å². The number of allylic oxidation sites excluding steroid dienone is 1. The molecule has 28 heavy (non-hydrogen) atoms. The first-order chi connectivity index (χ1) is 13.1. The van der Waals surface area contributed by atoms with Gasteiger partial charge in [0.05, 0.1) is 17.2 Å². The zero-order chi connectivity index (χ0) is 21.1. The van der Waals surface area contributed by atoms with E-state index in [1.54, 1.807) is 6.08 Å². The number of halogens is 5. The van der Waals surface area contributed by atoms with E-state index in [0.717, 1.165) is 19.3 Å². The number of hydrogen-bond donors (Lipinski definition) is 1. The molecule has 0 radical (unpaired) electrons. The summed E-state index contributed by atoms with van der Waals surface area (Å²) in [7, 11) is 0. The van der Waals surface area contributed by atoms with E-state index in [1.165, 1.54) is 0 Å². The third-order valence-electron chi connectivity index (χ3n) is 5.18. The lowest BCUT2D eigenvalue weighted by Gasteiger charge is -2.15. The Morgan fingerprint density at radius 3 is 2.54 bits per heavy atom. The lowest BCUT2D eigenvalue weighted by atomic mass is 10.1. The molecule has 156 valence electrons. The lowest BCUT2D eigenvalue weighted by Crippen LogP contribution is -2.15. The highest BCUT2D eigenvalue weighted by atomic mass is 35.5. The van der Waals surface area contributed by atoms with Gasteiger partial charge in [0.1, 0.15) is 16.9 Å². The van der Waals surface area contributed by atoms with Crippen LogP contribution in [-0.4, -0.2) is 12.5 Å². The van der Waals surface area contributed by atoms with Gasteiger partial charge in [-0.15, -0.1) is 0 Å². The molecule has 0 amide bonds. The second-order valence-electron chi connectivity index (χ2n) is 7.53. The molecule has 0 aromatic heterocycles. The van der Waals surface area contributed by atoms with Crippen molar-refractivity contribution in [2.45, 2.75) is 46.6 Å². The van der Waals surface area contributed by atoms with Crippen molar-refractivity contribution in [3.05, 3.63) is 39.6 Å². The molecule has 1 N–H and O–H groups in total. The van der Waals surface area contributed by atoms with Crippen molar-refractivity contribution in [2.75, 3.05) is 11.9 Å². The largest absolute Gasteiger partial charge is 0.460 e. The van der Waals surface area contributed by atoms with Gasteiger partial charge in [-0.05, 0) is 23.8 Å². The average Bonchev–Trinajstić information content (AvgIpc) is 3.14. The number of unbranched alkanes of at least 4 members (excludes halogenated alkanes) is 2. The van der Waals surface area contributed by atoms with Gasteiger partial charge in [0.15, 0.2) is 11.6 Å². The van der Waals surface area contributed by atoms with Gasteiger partial charge in [0, 0.05) is 12.6 Å². The SMILES string of the molecule is CCCCCNc1c(F)cc(F)c(F)c1COC(=O)[C@@H]1[C@@H](C=C(Cl)Cl)C1(C)C. The van der Waals surface area contributed by atoms with E-state index >= 15 is 0 Å². The summed E-state index contributed by atoms with van der Waals surface area (Å²) in [4.78, 5) is 12.4. The number of anilines is 1. The van der Waals surface area contributed by atoms with Gasteiger partial charge in [0.2, 0.25) is 0 Å². The molecule has 3 nitrogen and oxygen atoms in total. The number of nitrogens with one attached hydrogen (secondary N) is 1. The van der Waals surface area contributed by atoms with E-state index in [0.29, 0.717) is 12.6 Å². The standard InChI is InChI=1S/C20H24Cl2F3NO2/c1-4-5-6-7-26-18-11(17(25)13(23)9-14(18)24)10-28-19(27)16-12(8-15(21)22)20(16,2)3/h8-9,12,16,26H,4-7,10H2,1-3H3/t12-,16+/m1/s1. The van der Waals surface area contributed by atoms with E-state index in [9.17, 15) is 18.0 Å². The van der Waals surface area contributed by atoms with Crippen LogP contribution in [0.1, 0.15) is 45.6 Å². The topological polar surface area (TPSA) is 38.3 Å². The fourth-order valence-corrected chi connectivity index (χ4v) is 3.64. The third-order valence-corrected chi connectivity index (χ3v) is 5.43. The predicted octanol–water partition coefficient (Wildman–Crippen LogP) is 6.34. The molecule has 2 rings (SSSR count). The second kappa shape index (κ2) is 9.40. The molecule has 1 saturated carbocycles. The summed E-state index contributed by atoms with van der Waals surface area (Å²) >= 11 is 11.3. The quantitative estimate of drug-likeness (QED) is 0.278. The zero-order valence-electron chi connectivity index (χ0n) is 16.1. The summed E-state index contributed by atoms with van der Waals surface area (Å²) in [6.07, 6.45) is 4.18. The van der Waals surface area contributed by atoms with E-state index in [-0.39, 0.29) is 21.7 Å². The normalized spacial score (nSPS) is 19.9. The Bertz CT molecular complexity index is 764. The van der Waals surface area contributed by atoms with Crippen LogP contribution >= 0.6 is 23.2 Å². The monoisotopic (exact) mass is 437 g/mol. The van der Waals surface area contributed by atoms with Crippen LogP contribution in [0, 0.1) is 34.7 Å². The van der Waals surface area contributed by atoms with Crippen molar-refractivity contribution in [3.63, 3.8) is 0 Å². The maximum Gasteiger partial charge on any atom is 0.310 e. The highest BCUT2D eigenvalue weighted by Gasteiger charge is 2.61. The Kier molecular flexibility index (Phi) is 7.68. The molecular formula is C20H24Cl2F3NO2. The van der Waals surface area contributed by atoms with Crippen LogP contribution in [0.4, 0.5) is 18.9 Å². The maximum absolute atomic E-state index is 14.3. The maximum atomic E-state index is 14.3. The second-order valence-corrected chi connectivity index (χ2v) is 8.54. The molecule has 0 aliphatic heterocycles. The van der Waals surface area contributed by atoms with Crippen molar-refractivity contribution in [3.8, 4) is 0 Å². The van der Waals surface area contributed by atoms with Gasteiger partial charge in [-0.1, -0.05) is 56.8 Å². The van der Waals surface area contributed by atoms with E-state index < -0.39 is 41.4 Å². The van der Waals surface area contributed by atoms with Crippen molar-refractivity contribution >= 4 is 34.9 Å². The summed E-state index contributed by atoms with van der Waals surface area (Å²) in [5, 5.41) is 2.79. The first-order valence-corrected chi connectivity index (χ1v) is 9.96. The molecular weight excluding hydrogens is 414 g/mol. The smallest absolute Gasteiger partial charge is 0.310 e.